The molecular weight excluding hydrogens is 146 g/mol. The third-order valence-corrected chi connectivity index (χ3v) is 2.58. The van der Waals surface area contributed by atoms with Crippen LogP contribution < -0.4 is 5.73 Å². The minimum atomic E-state index is 0.776. The first-order valence-electron chi connectivity index (χ1n) is 3.44. The molecule has 0 aromatic heterocycles. The minimum absolute atomic E-state index is 0.776. The molecule has 0 saturated heterocycles. The zero-order chi connectivity index (χ0) is 7.40. The molecule has 0 radical (unpaired) electrons. The highest BCUT2D eigenvalue weighted by molar-refractivity contribution is 7.99. The highest BCUT2D eigenvalue weighted by Crippen LogP contribution is 2.21. The van der Waals surface area contributed by atoms with E-state index < -0.39 is 0 Å². The van der Waals surface area contributed by atoms with Gasteiger partial charge in [-0.25, -0.2) is 0 Å². The Morgan fingerprint density at radius 1 is 1.70 bits per heavy atom. The minimum Gasteiger partial charge on any atom is -0.494 e. The lowest BCUT2D eigenvalue weighted by atomic mass is 10.2. The van der Waals surface area contributed by atoms with E-state index in [1.807, 2.05) is 18.7 Å². The van der Waals surface area contributed by atoms with Gasteiger partial charge in [0.15, 0.2) is 0 Å². The molecule has 0 aliphatic carbocycles. The van der Waals surface area contributed by atoms with Crippen LogP contribution >= 0.6 is 11.8 Å². The maximum Gasteiger partial charge on any atom is 0.113 e. The summed E-state index contributed by atoms with van der Waals surface area (Å²) in [5, 5.41) is 0. The van der Waals surface area contributed by atoms with Crippen molar-refractivity contribution in [3.8, 4) is 0 Å². The molecule has 0 amide bonds. The van der Waals surface area contributed by atoms with Crippen molar-refractivity contribution in [1.29, 1.82) is 0 Å². The molecule has 0 aromatic carbocycles. The van der Waals surface area contributed by atoms with Crippen molar-refractivity contribution < 1.29 is 4.74 Å². The fraction of sp³-hybridized carbons (Fsp3) is 0.714. The largest absolute Gasteiger partial charge is 0.494 e. The molecule has 1 heterocycles. The Morgan fingerprint density at radius 2 is 2.50 bits per heavy atom. The average molecular weight is 159 g/mol. The summed E-state index contributed by atoms with van der Waals surface area (Å²) in [5.74, 6) is 3.27. The first kappa shape index (κ1) is 7.95. The highest BCUT2D eigenvalue weighted by atomic mass is 32.2. The summed E-state index contributed by atoms with van der Waals surface area (Å²) in [4.78, 5) is 0. The van der Waals surface area contributed by atoms with Gasteiger partial charge < -0.3 is 10.5 Å². The van der Waals surface area contributed by atoms with Gasteiger partial charge in [-0.05, 0) is 6.92 Å². The van der Waals surface area contributed by atoms with Crippen molar-refractivity contribution in [2.24, 2.45) is 5.73 Å². The monoisotopic (exact) mass is 159 g/mol. The number of allylic oxidation sites excluding steroid dienone is 1. The molecule has 1 rings (SSSR count). The molecule has 1 aliphatic heterocycles. The maximum atomic E-state index is 5.34. The van der Waals surface area contributed by atoms with E-state index in [2.05, 4.69) is 0 Å². The summed E-state index contributed by atoms with van der Waals surface area (Å²) in [6, 6.07) is 0. The molecule has 0 bridgehead atoms. The molecule has 0 spiro atoms. The highest BCUT2D eigenvalue weighted by Gasteiger charge is 2.13. The van der Waals surface area contributed by atoms with Crippen LogP contribution in [0.1, 0.15) is 6.92 Å². The van der Waals surface area contributed by atoms with Crippen LogP contribution in [0.3, 0.4) is 0 Å². The lowest BCUT2D eigenvalue weighted by Gasteiger charge is -2.21. The fourth-order valence-corrected chi connectivity index (χ4v) is 1.58. The molecule has 2 nitrogen and oxygen atoms in total. The Labute approximate surface area is 65.8 Å². The van der Waals surface area contributed by atoms with Gasteiger partial charge in [-0.1, -0.05) is 0 Å². The van der Waals surface area contributed by atoms with Crippen LogP contribution in [0.15, 0.2) is 11.3 Å². The molecular formula is C7H13NOS. The second kappa shape index (κ2) is 3.88. The molecule has 3 heteroatoms. The van der Waals surface area contributed by atoms with Crippen LogP contribution in [0.4, 0.5) is 0 Å². The average Bonchev–Trinajstić information content (AvgIpc) is 1.95. The first-order valence-corrected chi connectivity index (χ1v) is 4.59. The van der Waals surface area contributed by atoms with Gasteiger partial charge >= 0.3 is 0 Å². The summed E-state index contributed by atoms with van der Waals surface area (Å²) in [6.45, 7) is 3.63. The number of hydrogen-bond acceptors (Lipinski definition) is 3. The van der Waals surface area contributed by atoms with Gasteiger partial charge in [-0.2, -0.15) is 11.8 Å². The molecule has 0 aromatic rings. The fourth-order valence-electron chi connectivity index (χ4n) is 0.741. The third kappa shape index (κ3) is 1.92. The van der Waals surface area contributed by atoms with Gasteiger partial charge in [-0.3, -0.25) is 0 Å². The smallest absolute Gasteiger partial charge is 0.113 e. The standard InChI is InChI=1S/C7H13NOS/c1-6-7(4-9-6)5-10-3-2-8/h2-5,8H2,1H3. The maximum absolute atomic E-state index is 5.34. The Kier molecular flexibility index (Phi) is 3.09. The van der Waals surface area contributed by atoms with Crippen LogP contribution in [-0.4, -0.2) is 24.7 Å². The van der Waals surface area contributed by atoms with E-state index in [0.717, 1.165) is 30.4 Å². The van der Waals surface area contributed by atoms with Crippen LogP contribution in [-0.2, 0) is 4.74 Å². The van der Waals surface area contributed by atoms with Gasteiger partial charge in [0.2, 0.25) is 0 Å². The summed E-state index contributed by atoms with van der Waals surface area (Å²) >= 11 is 1.88. The van der Waals surface area contributed by atoms with Crippen LogP contribution in [0.25, 0.3) is 0 Å². The number of ether oxygens (including phenoxy) is 1. The molecule has 0 saturated carbocycles. The van der Waals surface area contributed by atoms with Crippen molar-refractivity contribution in [1.82, 2.24) is 0 Å². The number of hydrogen-bond donors (Lipinski definition) is 1. The van der Waals surface area contributed by atoms with Crippen LogP contribution in [0.5, 0.6) is 0 Å². The lowest BCUT2D eigenvalue weighted by Crippen LogP contribution is -2.14. The van der Waals surface area contributed by atoms with Gasteiger partial charge in [0.05, 0.1) is 5.76 Å². The topological polar surface area (TPSA) is 35.2 Å². The van der Waals surface area contributed by atoms with Gasteiger partial charge in [-0.15, -0.1) is 0 Å². The Hall–Kier alpha value is -0.150. The van der Waals surface area contributed by atoms with Crippen molar-refractivity contribution >= 4 is 11.8 Å². The van der Waals surface area contributed by atoms with Gasteiger partial charge in [0, 0.05) is 23.6 Å². The molecule has 1 aliphatic rings. The molecule has 0 unspecified atom stereocenters. The van der Waals surface area contributed by atoms with E-state index in [9.17, 15) is 0 Å². The number of rotatable bonds is 4. The Balaban J connectivity index is 2.09. The molecule has 2 N–H and O–H groups in total. The first-order chi connectivity index (χ1) is 4.84. The third-order valence-electron chi connectivity index (χ3n) is 1.50. The van der Waals surface area contributed by atoms with E-state index in [-0.39, 0.29) is 0 Å². The van der Waals surface area contributed by atoms with Crippen LogP contribution in [0.2, 0.25) is 0 Å². The molecule has 0 atom stereocenters. The van der Waals surface area contributed by atoms with Crippen molar-refractivity contribution in [2.45, 2.75) is 6.92 Å². The molecule has 58 valence electrons. The SMILES string of the molecule is CC1=C(CSCCN)CO1. The Bertz CT molecular complexity index is 145. The quantitative estimate of drug-likeness (QED) is 0.621. The predicted octanol–water partition coefficient (Wildman–Crippen LogP) is 0.982. The van der Waals surface area contributed by atoms with Gasteiger partial charge in [0.1, 0.15) is 6.61 Å². The zero-order valence-corrected chi connectivity index (χ0v) is 7.04. The van der Waals surface area contributed by atoms with Crippen LogP contribution in [0, 0.1) is 0 Å². The lowest BCUT2D eigenvalue weighted by molar-refractivity contribution is 0.182. The van der Waals surface area contributed by atoms with E-state index in [1.54, 1.807) is 0 Å². The predicted molar refractivity (Wildman–Crippen MR) is 45.0 cm³/mol. The number of nitrogens with two attached hydrogens (primary N) is 1. The van der Waals surface area contributed by atoms with Crippen molar-refractivity contribution in [2.75, 3.05) is 24.7 Å². The van der Waals surface area contributed by atoms with Gasteiger partial charge in [0.25, 0.3) is 0 Å². The van der Waals surface area contributed by atoms with Crippen molar-refractivity contribution in [3.63, 3.8) is 0 Å². The second-order valence-corrected chi connectivity index (χ2v) is 3.39. The summed E-state index contributed by atoms with van der Waals surface area (Å²) in [7, 11) is 0. The molecule has 0 fully saturated rings. The van der Waals surface area contributed by atoms with E-state index in [4.69, 9.17) is 10.5 Å². The summed E-state index contributed by atoms with van der Waals surface area (Å²) in [6.07, 6.45) is 0. The van der Waals surface area contributed by atoms with E-state index >= 15 is 0 Å². The molecule has 10 heavy (non-hydrogen) atoms. The van der Waals surface area contributed by atoms with E-state index in [1.165, 1.54) is 5.57 Å². The zero-order valence-electron chi connectivity index (χ0n) is 6.22. The van der Waals surface area contributed by atoms with Crippen molar-refractivity contribution in [3.05, 3.63) is 11.3 Å². The number of thioether (sulfide) groups is 1. The summed E-state index contributed by atoms with van der Waals surface area (Å²) < 4.78 is 5.11. The van der Waals surface area contributed by atoms with E-state index in [0.29, 0.717) is 0 Å². The normalized spacial score (nSPS) is 16.6. The Morgan fingerprint density at radius 3 is 2.90 bits per heavy atom. The second-order valence-electron chi connectivity index (χ2n) is 2.29. The summed E-state index contributed by atoms with van der Waals surface area (Å²) in [5.41, 5.74) is 6.78.